The van der Waals surface area contributed by atoms with Crippen molar-refractivity contribution in [3.05, 3.63) is 65.4 Å². The third kappa shape index (κ3) is 3.95. The first-order chi connectivity index (χ1) is 9.70. The number of pyridine rings is 1. The highest BCUT2D eigenvalue weighted by Crippen LogP contribution is 2.27. The van der Waals surface area contributed by atoms with Gasteiger partial charge in [0.25, 0.3) is 5.91 Å². The molecule has 0 atom stereocenters. The number of nitrogens with zero attached hydrogens (tertiary/aromatic N) is 1. The standard InChI is InChI=1S/C15H13BrN2OS/c1-2-9-20-14-6-4-3-5-12(14)18-15(19)13-8-7-11(16)10-17-13/h2-8,10H,1,9H2,(H,18,19). The van der Waals surface area contributed by atoms with Crippen molar-refractivity contribution < 1.29 is 4.79 Å². The molecule has 0 aliphatic rings. The van der Waals surface area contributed by atoms with Crippen LogP contribution in [0.25, 0.3) is 0 Å². The lowest BCUT2D eigenvalue weighted by Crippen LogP contribution is -2.14. The molecule has 0 unspecified atom stereocenters. The fourth-order valence-corrected chi connectivity index (χ4v) is 2.52. The van der Waals surface area contributed by atoms with Crippen LogP contribution >= 0.6 is 27.7 Å². The summed E-state index contributed by atoms with van der Waals surface area (Å²) in [5, 5.41) is 2.88. The molecule has 0 bridgehead atoms. The Labute approximate surface area is 130 Å². The highest BCUT2D eigenvalue weighted by atomic mass is 79.9. The van der Waals surface area contributed by atoms with Crippen molar-refractivity contribution in [2.24, 2.45) is 0 Å². The Bertz CT molecular complexity index is 614. The molecule has 102 valence electrons. The Morgan fingerprint density at radius 2 is 2.15 bits per heavy atom. The smallest absolute Gasteiger partial charge is 0.274 e. The van der Waals surface area contributed by atoms with E-state index in [4.69, 9.17) is 0 Å². The highest BCUT2D eigenvalue weighted by Gasteiger charge is 2.10. The minimum absolute atomic E-state index is 0.218. The number of aromatic nitrogens is 1. The first-order valence-corrected chi connectivity index (χ1v) is 7.74. The molecule has 5 heteroatoms. The molecule has 0 spiro atoms. The summed E-state index contributed by atoms with van der Waals surface area (Å²) < 4.78 is 0.844. The molecule has 3 nitrogen and oxygen atoms in total. The van der Waals surface area contributed by atoms with Crippen molar-refractivity contribution in [3.63, 3.8) is 0 Å². The van der Waals surface area contributed by atoms with E-state index in [0.29, 0.717) is 5.69 Å². The molecule has 1 aromatic heterocycles. The van der Waals surface area contributed by atoms with Crippen molar-refractivity contribution in [3.8, 4) is 0 Å². The fourth-order valence-electron chi connectivity index (χ4n) is 1.54. The van der Waals surface area contributed by atoms with Crippen molar-refractivity contribution in [1.82, 2.24) is 4.98 Å². The van der Waals surface area contributed by atoms with Crippen LogP contribution in [0.3, 0.4) is 0 Å². The molecule has 1 aromatic carbocycles. The van der Waals surface area contributed by atoms with Gasteiger partial charge in [-0.25, -0.2) is 4.98 Å². The van der Waals surface area contributed by atoms with Crippen LogP contribution in [0.5, 0.6) is 0 Å². The molecule has 0 saturated heterocycles. The van der Waals surface area contributed by atoms with E-state index >= 15 is 0 Å². The van der Waals surface area contributed by atoms with Crippen LogP contribution < -0.4 is 5.32 Å². The molecule has 0 aliphatic carbocycles. The van der Waals surface area contributed by atoms with Gasteiger partial charge >= 0.3 is 0 Å². The quantitative estimate of drug-likeness (QED) is 0.644. The third-order valence-electron chi connectivity index (χ3n) is 2.45. The topological polar surface area (TPSA) is 42.0 Å². The molecular formula is C15H13BrN2OS. The molecule has 1 N–H and O–H groups in total. The molecular weight excluding hydrogens is 336 g/mol. The molecule has 1 heterocycles. The maximum atomic E-state index is 12.1. The van der Waals surface area contributed by atoms with Gasteiger partial charge in [0.15, 0.2) is 0 Å². The Kier molecular flexibility index (Phi) is 5.38. The number of halogens is 1. The zero-order chi connectivity index (χ0) is 14.4. The molecule has 0 radical (unpaired) electrons. The van der Waals surface area contributed by atoms with Crippen molar-refractivity contribution in [2.45, 2.75) is 4.90 Å². The molecule has 2 rings (SSSR count). The second-order valence-corrected chi connectivity index (χ2v) is 5.89. The third-order valence-corrected chi connectivity index (χ3v) is 3.99. The van der Waals surface area contributed by atoms with E-state index in [-0.39, 0.29) is 5.91 Å². The summed E-state index contributed by atoms with van der Waals surface area (Å²) in [6.45, 7) is 3.70. The predicted octanol–water partition coefficient (Wildman–Crippen LogP) is 4.37. The van der Waals surface area contributed by atoms with E-state index in [1.54, 1.807) is 30.1 Å². The lowest BCUT2D eigenvalue weighted by atomic mass is 10.3. The number of amides is 1. The number of nitrogens with one attached hydrogen (secondary N) is 1. The van der Waals surface area contributed by atoms with Gasteiger partial charge in [-0.1, -0.05) is 18.2 Å². The molecule has 2 aromatic rings. The van der Waals surface area contributed by atoms with E-state index in [1.807, 2.05) is 30.3 Å². The van der Waals surface area contributed by atoms with Crippen molar-refractivity contribution >= 4 is 39.3 Å². The molecule has 0 fully saturated rings. The summed E-state index contributed by atoms with van der Waals surface area (Å²) in [5.41, 5.74) is 1.17. The monoisotopic (exact) mass is 348 g/mol. The summed E-state index contributed by atoms with van der Waals surface area (Å²) in [5.74, 6) is 0.577. The largest absolute Gasteiger partial charge is 0.320 e. The highest BCUT2D eigenvalue weighted by molar-refractivity contribution is 9.10. The first kappa shape index (κ1) is 14.8. The Hall–Kier alpha value is -1.59. The number of anilines is 1. The summed E-state index contributed by atoms with van der Waals surface area (Å²) in [6.07, 6.45) is 3.44. The second-order valence-electron chi connectivity index (χ2n) is 3.91. The number of carbonyl (C=O) groups excluding carboxylic acids is 1. The Morgan fingerprint density at radius 1 is 1.35 bits per heavy atom. The summed E-state index contributed by atoms with van der Waals surface area (Å²) in [6, 6.07) is 11.2. The number of hydrogen-bond donors (Lipinski definition) is 1. The van der Waals surface area contributed by atoms with Crippen molar-refractivity contribution in [2.75, 3.05) is 11.1 Å². The molecule has 1 amide bonds. The lowest BCUT2D eigenvalue weighted by molar-refractivity contribution is 0.102. The van der Waals surface area contributed by atoms with Crippen LogP contribution in [0.2, 0.25) is 0 Å². The van der Waals surface area contributed by atoms with E-state index in [2.05, 4.69) is 32.8 Å². The first-order valence-electron chi connectivity index (χ1n) is 5.96. The lowest BCUT2D eigenvalue weighted by Gasteiger charge is -2.09. The number of thioether (sulfide) groups is 1. The van der Waals surface area contributed by atoms with E-state index in [0.717, 1.165) is 20.8 Å². The van der Waals surface area contributed by atoms with Crippen LogP contribution in [0.4, 0.5) is 5.69 Å². The average molecular weight is 349 g/mol. The van der Waals surface area contributed by atoms with Gasteiger partial charge in [-0.3, -0.25) is 4.79 Å². The molecule has 0 aliphatic heterocycles. The maximum Gasteiger partial charge on any atom is 0.274 e. The summed E-state index contributed by atoms with van der Waals surface area (Å²) >= 11 is 4.92. The minimum atomic E-state index is -0.218. The Morgan fingerprint density at radius 3 is 2.85 bits per heavy atom. The van der Waals surface area contributed by atoms with Crippen LogP contribution in [0, 0.1) is 0 Å². The normalized spacial score (nSPS) is 10.1. The van der Waals surface area contributed by atoms with Crippen molar-refractivity contribution in [1.29, 1.82) is 0 Å². The molecule has 20 heavy (non-hydrogen) atoms. The van der Waals surface area contributed by atoms with Gasteiger partial charge < -0.3 is 5.32 Å². The number of benzene rings is 1. The van der Waals surface area contributed by atoms with Gasteiger partial charge in [-0.2, -0.15) is 0 Å². The fraction of sp³-hybridized carbons (Fsp3) is 0.0667. The zero-order valence-electron chi connectivity index (χ0n) is 10.7. The SMILES string of the molecule is C=CCSc1ccccc1NC(=O)c1ccc(Br)cn1. The van der Waals surface area contributed by atoms with Gasteiger partial charge in [-0.15, -0.1) is 18.3 Å². The number of rotatable bonds is 5. The number of carbonyl (C=O) groups is 1. The maximum absolute atomic E-state index is 12.1. The van der Waals surface area contributed by atoms with Gasteiger partial charge in [0.1, 0.15) is 5.69 Å². The van der Waals surface area contributed by atoms with E-state index in [9.17, 15) is 4.79 Å². The second kappa shape index (κ2) is 7.26. The van der Waals surface area contributed by atoms with Gasteiger partial charge in [0.2, 0.25) is 0 Å². The number of hydrogen-bond acceptors (Lipinski definition) is 3. The summed E-state index contributed by atoms with van der Waals surface area (Å²) in [4.78, 5) is 17.2. The van der Waals surface area contributed by atoms with Crippen LogP contribution in [0.1, 0.15) is 10.5 Å². The van der Waals surface area contributed by atoms with Gasteiger partial charge in [0, 0.05) is 21.3 Å². The van der Waals surface area contributed by atoms with Crippen LogP contribution in [-0.4, -0.2) is 16.6 Å². The van der Waals surface area contributed by atoms with Crippen LogP contribution in [-0.2, 0) is 0 Å². The number of para-hydroxylation sites is 1. The Balaban J connectivity index is 2.15. The molecule has 0 saturated carbocycles. The van der Waals surface area contributed by atoms with E-state index in [1.165, 1.54) is 0 Å². The van der Waals surface area contributed by atoms with Crippen LogP contribution in [0.15, 0.2) is 64.6 Å². The minimum Gasteiger partial charge on any atom is -0.320 e. The van der Waals surface area contributed by atoms with E-state index < -0.39 is 0 Å². The van der Waals surface area contributed by atoms with Gasteiger partial charge in [-0.05, 0) is 40.2 Å². The predicted molar refractivity (Wildman–Crippen MR) is 87.3 cm³/mol. The average Bonchev–Trinajstić information content (AvgIpc) is 2.47. The van der Waals surface area contributed by atoms with Gasteiger partial charge in [0.05, 0.1) is 5.69 Å². The summed E-state index contributed by atoms with van der Waals surface area (Å²) in [7, 11) is 0. The zero-order valence-corrected chi connectivity index (χ0v) is 13.1.